The summed E-state index contributed by atoms with van der Waals surface area (Å²) in [7, 11) is 0. The van der Waals surface area contributed by atoms with E-state index in [4.69, 9.17) is 16.3 Å². The lowest BCUT2D eigenvalue weighted by Crippen LogP contribution is -1.90. The molecule has 0 bridgehead atoms. The minimum absolute atomic E-state index is 0.534. The normalized spacial score (nSPS) is 10.2. The molecule has 2 aromatic rings. The Labute approximate surface area is 107 Å². The van der Waals surface area contributed by atoms with Gasteiger partial charge >= 0.3 is 0 Å². The number of halogens is 1. The summed E-state index contributed by atoms with van der Waals surface area (Å²) in [4.78, 5) is 0. The van der Waals surface area contributed by atoms with Crippen molar-refractivity contribution in [3.63, 3.8) is 0 Å². The monoisotopic (exact) mass is 246 g/mol. The topological polar surface area (TPSA) is 9.23 Å². The zero-order valence-corrected chi connectivity index (χ0v) is 10.6. The third-order valence-corrected chi connectivity index (χ3v) is 2.97. The molecule has 0 atom stereocenters. The molecule has 2 heteroatoms. The van der Waals surface area contributed by atoms with E-state index in [1.54, 1.807) is 0 Å². The molecule has 2 rings (SSSR count). The highest BCUT2D eigenvalue weighted by molar-refractivity contribution is 6.17. The number of aryl methyl sites for hydroxylation is 1. The highest BCUT2D eigenvalue weighted by atomic mass is 35.5. The van der Waals surface area contributed by atoms with Crippen LogP contribution >= 0.6 is 11.6 Å². The molecule has 17 heavy (non-hydrogen) atoms. The van der Waals surface area contributed by atoms with E-state index >= 15 is 0 Å². The number of alkyl halides is 1. The van der Waals surface area contributed by atoms with Gasteiger partial charge in [0.05, 0.1) is 0 Å². The van der Waals surface area contributed by atoms with Crippen LogP contribution in [0.1, 0.15) is 18.1 Å². The van der Waals surface area contributed by atoms with Crippen LogP contribution < -0.4 is 4.74 Å². The van der Waals surface area contributed by atoms with Crippen molar-refractivity contribution < 1.29 is 4.74 Å². The van der Waals surface area contributed by atoms with Gasteiger partial charge < -0.3 is 4.74 Å². The van der Waals surface area contributed by atoms with Gasteiger partial charge in [-0.25, -0.2) is 0 Å². The Morgan fingerprint density at radius 3 is 2.35 bits per heavy atom. The van der Waals surface area contributed by atoms with Gasteiger partial charge in [0, 0.05) is 5.88 Å². The average molecular weight is 247 g/mol. The van der Waals surface area contributed by atoms with Gasteiger partial charge in [-0.3, -0.25) is 0 Å². The van der Waals surface area contributed by atoms with E-state index in [0.29, 0.717) is 5.88 Å². The molecule has 0 aliphatic heterocycles. The molecule has 1 nitrogen and oxygen atoms in total. The maximum atomic E-state index is 5.86. The van der Waals surface area contributed by atoms with E-state index in [1.165, 1.54) is 5.56 Å². The van der Waals surface area contributed by atoms with Gasteiger partial charge in [-0.2, -0.15) is 0 Å². The number of rotatable bonds is 4. The number of benzene rings is 2. The summed E-state index contributed by atoms with van der Waals surface area (Å²) in [6, 6.07) is 16.0. The molecule has 2 aromatic carbocycles. The predicted octanol–water partition coefficient (Wildman–Crippen LogP) is 4.78. The van der Waals surface area contributed by atoms with E-state index in [0.717, 1.165) is 23.5 Å². The molecule has 0 saturated heterocycles. The van der Waals surface area contributed by atoms with Crippen LogP contribution in [0.4, 0.5) is 0 Å². The summed E-state index contributed by atoms with van der Waals surface area (Å²) in [6.07, 6.45) is 0.968. The maximum Gasteiger partial charge on any atom is 0.130 e. The van der Waals surface area contributed by atoms with E-state index in [-0.39, 0.29) is 0 Å². The number of ether oxygens (including phenoxy) is 1. The highest BCUT2D eigenvalue weighted by Gasteiger charge is 2.02. The Hall–Kier alpha value is -1.47. The standard InChI is InChI=1S/C15H15ClO/c1-2-13-5-3-4-6-15(13)17-14-9-7-12(11-16)8-10-14/h3-10H,2,11H2,1H3. The van der Waals surface area contributed by atoms with Crippen LogP contribution in [0.25, 0.3) is 0 Å². The van der Waals surface area contributed by atoms with Crippen molar-refractivity contribution in [2.45, 2.75) is 19.2 Å². The average Bonchev–Trinajstić information content (AvgIpc) is 2.40. The molecule has 0 fully saturated rings. The summed E-state index contributed by atoms with van der Waals surface area (Å²) in [5.41, 5.74) is 2.32. The molecule has 0 heterocycles. The Morgan fingerprint density at radius 1 is 1.00 bits per heavy atom. The van der Waals surface area contributed by atoms with Crippen LogP contribution in [0, 0.1) is 0 Å². The molecule has 0 aliphatic rings. The van der Waals surface area contributed by atoms with Gasteiger partial charge in [0.15, 0.2) is 0 Å². The van der Waals surface area contributed by atoms with Crippen LogP contribution in [0.5, 0.6) is 11.5 Å². The maximum absolute atomic E-state index is 5.86. The Balaban J connectivity index is 2.19. The Morgan fingerprint density at radius 2 is 1.71 bits per heavy atom. The van der Waals surface area contributed by atoms with Gasteiger partial charge in [-0.15, -0.1) is 11.6 Å². The van der Waals surface area contributed by atoms with Crippen molar-refractivity contribution in [1.82, 2.24) is 0 Å². The quantitative estimate of drug-likeness (QED) is 0.706. The van der Waals surface area contributed by atoms with Gasteiger partial charge in [-0.05, 0) is 35.7 Å². The fourth-order valence-corrected chi connectivity index (χ4v) is 1.85. The van der Waals surface area contributed by atoms with Crippen molar-refractivity contribution >= 4 is 11.6 Å². The van der Waals surface area contributed by atoms with Crippen LogP contribution in [0.2, 0.25) is 0 Å². The summed E-state index contributed by atoms with van der Waals surface area (Å²) >= 11 is 5.75. The van der Waals surface area contributed by atoms with E-state index in [2.05, 4.69) is 13.0 Å². The number of para-hydroxylation sites is 1. The molecular weight excluding hydrogens is 232 g/mol. The molecule has 0 unspecified atom stereocenters. The summed E-state index contributed by atoms with van der Waals surface area (Å²) in [5, 5.41) is 0. The minimum Gasteiger partial charge on any atom is -0.457 e. The minimum atomic E-state index is 0.534. The number of hydrogen-bond acceptors (Lipinski definition) is 1. The van der Waals surface area contributed by atoms with Crippen molar-refractivity contribution in [3.8, 4) is 11.5 Å². The second-order valence-corrected chi connectivity index (χ2v) is 4.11. The third kappa shape index (κ3) is 3.01. The first-order chi connectivity index (χ1) is 8.33. The van der Waals surface area contributed by atoms with Gasteiger partial charge in [0.25, 0.3) is 0 Å². The summed E-state index contributed by atoms with van der Waals surface area (Å²) in [6.45, 7) is 2.12. The van der Waals surface area contributed by atoms with Crippen molar-refractivity contribution in [1.29, 1.82) is 0 Å². The van der Waals surface area contributed by atoms with Crippen molar-refractivity contribution in [3.05, 3.63) is 59.7 Å². The molecule has 0 radical (unpaired) electrons. The highest BCUT2D eigenvalue weighted by Crippen LogP contribution is 2.25. The van der Waals surface area contributed by atoms with Crippen LogP contribution in [-0.2, 0) is 12.3 Å². The van der Waals surface area contributed by atoms with E-state index in [9.17, 15) is 0 Å². The fraction of sp³-hybridized carbons (Fsp3) is 0.200. The summed E-state index contributed by atoms with van der Waals surface area (Å²) in [5.74, 6) is 2.31. The van der Waals surface area contributed by atoms with E-state index in [1.807, 2.05) is 42.5 Å². The molecule has 0 saturated carbocycles. The molecule has 0 N–H and O–H groups in total. The summed E-state index contributed by atoms with van der Waals surface area (Å²) < 4.78 is 5.86. The smallest absolute Gasteiger partial charge is 0.130 e. The SMILES string of the molecule is CCc1ccccc1Oc1ccc(CCl)cc1. The first-order valence-electron chi connectivity index (χ1n) is 5.74. The zero-order chi connectivity index (χ0) is 12.1. The Bertz CT molecular complexity index is 477. The lowest BCUT2D eigenvalue weighted by Gasteiger charge is -2.09. The molecule has 0 spiro atoms. The second-order valence-electron chi connectivity index (χ2n) is 3.84. The van der Waals surface area contributed by atoms with Crippen LogP contribution in [0.3, 0.4) is 0 Å². The van der Waals surface area contributed by atoms with Gasteiger partial charge in [0.2, 0.25) is 0 Å². The van der Waals surface area contributed by atoms with Gasteiger partial charge in [-0.1, -0.05) is 37.3 Å². The molecule has 88 valence electrons. The van der Waals surface area contributed by atoms with Crippen molar-refractivity contribution in [2.75, 3.05) is 0 Å². The van der Waals surface area contributed by atoms with Crippen molar-refractivity contribution in [2.24, 2.45) is 0 Å². The van der Waals surface area contributed by atoms with Crippen LogP contribution in [-0.4, -0.2) is 0 Å². The third-order valence-electron chi connectivity index (χ3n) is 2.66. The first-order valence-corrected chi connectivity index (χ1v) is 6.27. The second kappa shape index (κ2) is 5.74. The lowest BCUT2D eigenvalue weighted by atomic mass is 10.1. The zero-order valence-electron chi connectivity index (χ0n) is 9.82. The first kappa shape index (κ1) is 12.0. The number of hydrogen-bond donors (Lipinski definition) is 0. The van der Waals surface area contributed by atoms with Gasteiger partial charge in [0.1, 0.15) is 11.5 Å². The molecule has 0 aromatic heterocycles. The van der Waals surface area contributed by atoms with Crippen LogP contribution in [0.15, 0.2) is 48.5 Å². The predicted molar refractivity (Wildman–Crippen MR) is 71.9 cm³/mol. The fourth-order valence-electron chi connectivity index (χ4n) is 1.67. The molecule has 0 amide bonds. The lowest BCUT2D eigenvalue weighted by molar-refractivity contribution is 0.476. The van der Waals surface area contributed by atoms with E-state index < -0.39 is 0 Å². The largest absolute Gasteiger partial charge is 0.457 e. The Kier molecular flexibility index (Phi) is 4.05. The molecular formula is C15H15ClO. The molecule has 0 aliphatic carbocycles.